The van der Waals surface area contributed by atoms with Gasteiger partial charge in [-0.2, -0.15) is 0 Å². The molecule has 1 unspecified atom stereocenters. The van der Waals surface area contributed by atoms with Gasteiger partial charge in [0.15, 0.2) is 0 Å². The second-order valence-corrected chi connectivity index (χ2v) is 3.83. The maximum absolute atomic E-state index is 11.1. The van der Waals surface area contributed by atoms with Crippen molar-refractivity contribution in [3.8, 4) is 0 Å². The van der Waals surface area contributed by atoms with Crippen molar-refractivity contribution >= 4 is 11.0 Å². The van der Waals surface area contributed by atoms with Gasteiger partial charge in [-0.3, -0.25) is 0 Å². The zero-order valence-electron chi connectivity index (χ0n) is 6.08. The predicted molar refractivity (Wildman–Crippen MR) is 43.8 cm³/mol. The van der Waals surface area contributed by atoms with Crippen molar-refractivity contribution < 1.29 is 4.21 Å². The van der Waals surface area contributed by atoms with E-state index in [4.69, 9.17) is 0 Å². The van der Waals surface area contributed by atoms with E-state index >= 15 is 0 Å². The van der Waals surface area contributed by atoms with Gasteiger partial charge in [0.2, 0.25) is 0 Å². The molecule has 0 aromatic heterocycles. The maximum atomic E-state index is 11.1. The minimum atomic E-state index is -0.916. The topological polar surface area (TPSA) is 20.3 Å². The summed E-state index contributed by atoms with van der Waals surface area (Å²) in [5.74, 6) is 0. The first-order chi connectivity index (χ1) is 4.84. The molecule has 0 saturated carbocycles. The Morgan fingerprint density at radius 1 is 1.30 bits per heavy atom. The van der Waals surface area contributed by atoms with Crippen LogP contribution in [0.4, 0.5) is 0 Å². The fourth-order valence-electron chi connectivity index (χ4n) is 1.15. The van der Waals surface area contributed by atoms with E-state index in [1.165, 1.54) is 24.7 Å². The van der Waals surface area contributed by atoms with Crippen molar-refractivity contribution in [1.29, 1.82) is 0 Å². The van der Waals surface area contributed by atoms with Crippen molar-refractivity contribution in [2.75, 3.05) is 13.1 Å². The highest BCUT2D eigenvalue weighted by molar-refractivity contribution is 7.85. The van der Waals surface area contributed by atoms with E-state index in [2.05, 4.69) is 6.58 Å². The van der Waals surface area contributed by atoms with Crippen molar-refractivity contribution in [2.45, 2.75) is 19.3 Å². The summed E-state index contributed by atoms with van der Waals surface area (Å²) < 4.78 is 13.1. The zero-order chi connectivity index (χ0) is 7.40. The Bertz CT molecular complexity index is 141. The summed E-state index contributed by atoms with van der Waals surface area (Å²) >= 11 is 0. The van der Waals surface area contributed by atoms with E-state index in [1.807, 2.05) is 4.31 Å². The molecule has 1 rings (SSSR count). The Labute approximate surface area is 64.5 Å². The summed E-state index contributed by atoms with van der Waals surface area (Å²) in [6, 6.07) is 0. The van der Waals surface area contributed by atoms with Gasteiger partial charge in [-0.05, 0) is 12.8 Å². The summed E-state index contributed by atoms with van der Waals surface area (Å²) in [6.45, 7) is 5.44. The summed E-state index contributed by atoms with van der Waals surface area (Å²) in [6.07, 6.45) is 3.64. The molecule has 0 amide bonds. The molecule has 1 fully saturated rings. The number of rotatable bonds is 2. The van der Waals surface area contributed by atoms with Crippen molar-refractivity contribution in [3.05, 3.63) is 12.0 Å². The second kappa shape index (κ2) is 3.88. The molecule has 0 N–H and O–H groups in total. The third kappa shape index (κ3) is 1.92. The van der Waals surface area contributed by atoms with Gasteiger partial charge in [0.05, 0.1) is 0 Å². The molecular weight excluding hydrogens is 146 g/mol. The minimum Gasteiger partial charge on any atom is -0.238 e. The molecule has 1 aliphatic heterocycles. The average Bonchev–Trinajstić information content (AvgIpc) is 2.05. The largest absolute Gasteiger partial charge is 0.238 e. The number of nitrogens with zero attached hydrogens (tertiary/aromatic N) is 1. The molecule has 10 heavy (non-hydrogen) atoms. The fourth-order valence-corrected chi connectivity index (χ4v) is 1.98. The second-order valence-electron chi connectivity index (χ2n) is 2.43. The van der Waals surface area contributed by atoms with E-state index in [1.54, 1.807) is 0 Å². The van der Waals surface area contributed by atoms with Crippen molar-refractivity contribution in [2.24, 2.45) is 0 Å². The van der Waals surface area contributed by atoms with Crippen LogP contribution in [0.25, 0.3) is 0 Å². The van der Waals surface area contributed by atoms with E-state index < -0.39 is 11.0 Å². The lowest BCUT2D eigenvalue weighted by atomic mass is 10.2. The lowest BCUT2D eigenvalue weighted by Crippen LogP contribution is -2.30. The van der Waals surface area contributed by atoms with Crippen LogP contribution in [0.2, 0.25) is 0 Å². The molecule has 0 bridgehead atoms. The van der Waals surface area contributed by atoms with E-state index in [9.17, 15) is 4.21 Å². The summed E-state index contributed by atoms with van der Waals surface area (Å²) in [5, 5.41) is 1.51. The molecular formula is C7H13NOS. The van der Waals surface area contributed by atoms with Gasteiger partial charge < -0.3 is 0 Å². The summed E-state index contributed by atoms with van der Waals surface area (Å²) in [4.78, 5) is 0. The van der Waals surface area contributed by atoms with Crippen LogP contribution in [0.1, 0.15) is 19.3 Å². The van der Waals surface area contributed by atoms with Crippen LogP contribution in [0.5, 0.6) is 0 Å². The molecule has 1 saturated heterocycles. The third-order valence-electron chi connectivity index (χ3n) is 1.71. The Hall–Kier alpha value is -0.150. The fraction of sp³-hybridized carbons (Fsp3) is 0.714. The van der Waals surface area contributed by atoms with E-state index in [0.29, 0.717) is 0 Å². The van der Waals surface area contributed by atoms with Crippen LogP contribution in [-0.4, -0.2) is 21.6 Å². The Balaban J connectivity index is 2.38. The first kappa shape index (κ1) is 7.95. The van der Waals surface area contributed by atoms with Gasteiger partial charge in [0.25, 0.3) is 0 Å². The molecule has 0 radical (unpaired) electrons. The van der Waals surface area contributed by atoms with Crippen LogP contribution in [-0.2, 0) is 11.0 Å². The normalized spacial score (nSPS) is 24.0. The van der Waals surface area contributed by atoms with Crippen LogP contribution in [0, 0.1) is 0 Å². The van der Waals surface area contributed by atoms with Crippen molar-refractivity contribution in [3.63, 3.8) is 0 Å². The first-order valence-electron chi connectivity index (χ1n) is 3.63. The quantitative estimate of drug-likeness (QED) is 0.594. The van der Waals surface area contributed by atoms with Crippen LogP contribution >= 0.6 is 0 Å². The predicted octanol–water partition coefficient (Wildman–Crippen LogP) is 1.28. The molecule has 0 aromatic carbocycles. The van der Waals surface area contributed by atoms with Gasteiger partial charge in [-0.1, -0.05) is 13.0 Å². The van der Waals surface area contributed by atoms with Gasteiger partial charge in [0, 0.05) is 18.5 Å². The summed E-state index contributed by atoms with van der Waals surface area (Å²) in [7, 11) is -0.916. The Morgan fingerprint density at radius 3 is 2.40 bits per heavy atom. The molecule has 0 spiro atoms. The van der Waals surface area contributed by atoms with Crippen LogP contribution < -0.4 is 0 Å². The van der Waals surface area contributed by atoms with Crippen LogP contribution in [0.3, 0.4) is 0 Å². The van der Waals surface area contributed by atoms with E-state index in [0.717, 1.165) is 13.1 Å². The van der Waals surface area contributed by atoms with Gasteiger partial charge >= 0.3 is 0 Å². The van der Waals surface area contributed by atoms with E-state index in [-0.39, 0.29) is 0 Å². The number of piperidine rings is 1. The monoisotopic (exact) mass is 159 g/mol. The third-order valence-corrected chi connectivity index (χ3v) is 2.87. The average molecular weight is 159 g/mol. The zero-order valence-corrected chi connectivity index (χ0v) is 6.90. The highest BCUT2D eigenvalue weighted by Crippen LogP contribution is 2.10. The molecule has 0 aliphatic carbocycles. The first-order valence-corrected chi connectivity index (χ1v) is 4.80. The highest BCUT2D eigenvalue weighted by Gasteiger charge is 2.12. The smallest absolute Gasteiger partial charge is 0.119 e. The molecule has 1 aliphatic rings. The molecule has 2 nitrogen and oxygen atoms in total. The van der Waals surface area contributed by atoms with Gasteiger partial charge in [-0.15, -0.1) is 0 Å². The Kier molecular flexibility index (Phi) is 3.09. The molecule has 1 atom stereocenters. The number of hydrogen-bond acceptors (Lipinski definition) is 1. The van der Waals surface area contributed by atoms with Crippen molar-refractivity contribution in [1.82, 2.24) is 4.31 Å². The lowest BCUT2D eigenvalue weighted by molar-refractivity contribution is 0.368. The van der Waals surface area contributed by atoms with Gasteiger partial charge in [-0.25, -0.2) is 8.51 Å². The van der Waals surface area contributed by atoms with Crippen LogP contribution in [0.15, 0.2) is 12.0 Å². The Morgan fingerprint density at radius 2 is 1.90 bits per heavy atom. The standard InChI is InChI=1S/C7H13NOS/c1-2-10(9)8-6-4-3-5-7-8/h2H,1,3-7H2. The summed E-state index contributed by atoms with van der Waals surface area (Å²) in [5.41, 5.74) is 0. The molecule has 0 aromatic rings. The maximum Gasteiger partial charge on any atom is 0.119 e. The SMILES string of the molecule is C=CS(=O)N1CCCCC1. The van der Waals surface area contributed by atoms with Gasteiger partial charge in [0.1, 0.15) is 11.0 Å². The minimum absolute atomic E-state index is 0.916. The lowest BCUT2D eigenvalue weighted by Gasteiger charge is -2.23. The number of hydrogen-bond donors (Lipinski definition) is 0. The molecule has 3 heteroatoms. The molecule has 1 heterocycles. The highest BCUT2D eigenvalue weighted by atomic mass is 32.2. The molecule has 58 valence electrons.